The Balaban J connectivity index is 2.74. The van der Waals surface area contributed by atoms with Crippen molar-refractivity contribution in [2.75, 3.05) is 6.61 Å². The largest absolute Gasteiger partial charge is 0.462 e. The molecule has 1 rings (SSSR count). The van der Waals surface area contributed by atoms with Crippen LogP contribution in [0.15, 0.2) is 18.2 Å². The number of carbonyl (C=O) groups excluding carboxylic acids is 2. The topological polar surface area (TPSA) is 64.6 Å². The van der Waals surface area contributed by atoms with E-state index in [1.807, 2.05) is 13.0 Å². The summed E-state index contributed by atoms with van der Waals surface area (Å²) in [5, 5.41) is 2.68. The summed E-state index contributed by atoms with van der Waals surface area (Å²) in [6.45, 7) is 9.64. The van der Waals surface area contributed by atoms with Gasteiger partial charge in [0, 0.05) is 6.54 Å². The van der Waals surface area contributed by atoms with Crippen LogP contribution in [-0.4, -0.2) is 24.3 Å². The number of amides is 1. The van der Waals surface area contributed by atoms with Gasteiger partial charge in [0.05, 0.1) is 12.2 Å². The fourth-order valence-corrected chi connectivity index (χ4v) is 1.79. The molecule has 1 aromatic rings. The summed E-state index contributed by atoms with van der Waals surface area (Å²) >= 11 is 0. The molecule has 21 heavy (non-hydrogen) atoms. The van der Waals surface area contributed by atoms with Crippen molar-refractivity contribution in [2.45, 2.75) is 46.8 Å². The first-order valence-electron chi connectivity index (χ1n) is 6.97. The monoisotopic (exact) mass is 293 g/mol. The molecular formula is C16H23NO4. The maximum Gasteiger partial charge on any atom is 0.407 e. The summed E-state index contributed by atoms with van der Waals surface area (Å²) in [7, 11) is 0. The van der Waals surface area contributed by atoms with Gasteiger partial charge in [0.1, 0.15) is 5.60 Å². The third kappa shape index (κ3) is 5.45. The first-order chi connectivity index (χ1) is 9.74. The second kappa shape index (κ2) is 7.11. The van der Waals surface area contributed by atoms with Gasteiger partial charge in [0.25, 0.3) is 0 Å². The van der Waals surface area contributed by atoms with E-state index in [1.54, 1.807) is 39.8 Å². The van der Waals surface area contributed by atoms with Crippen LogP contribution < -0.4 is 5.32 Å². The van der Waals surface area contributed by atoms with E-state index < -0.39 is 11.7 Å². The first kappa shape index (κ1) is 17.0. The quantitative estimate of drug-likeness (QED) is 0.866. The Morgan fingerprint density at radius 3 is 2.48 bits per heavy atom. The van der Waals surface area contributed by atoms with Gasteiger partial charge in [-0.2, -0.15) is 0 Å². The highest BCUT2D eigenvalue weighted by molar-refractivity contribution is 5.91. The average Bonchev–Trinajstić information content (AvgIpc) is 2.35. The molecule has 0 spiro atoms. The summed E-state index contributed by atoms with van der Waals surface area (Å²) in [6.07, 6.45) is -0.483. The van der Waals surface area contributed by atoms with E-state index >= 15 is 0 Å². The third-order valence-corrected chi connectivity index (χ3v) is 2.76. The molecule has 0 unspecified atom stereocenters. The number of alkyl carbamates (subject to hydrolysis) is 1. The van der Waals surface area contributed by atoms with Gasteiger partial charge in [-0.1, -0.05) is 12.1 Å². The van der Waals surface area contributed by atoms with E-state index in [9.17, 15) is 9.59 Å². The zero-order chi connectivity index (χ0) is 16.0. The Morgan fingerprint density at radius 2 is 1.90 bits per heavy atom. The Labute approximate surface area is 125 Å². The van der Waals surface area contributed by atoms with Crippen LogP contribution in [0.25, 0.3) is 0 Å². The minimum atomic E-state index is -0.536. The molecule has 5 nitrogen and oxygen atoms in total. The van der Waals surface area contributed by atoms with Crippen LogP contribution >= 0.6 is 0 Å². The number of esters is 1. The van der Waals surface area contributed by atoms with Gasteiger partial charge >= 0.3 is 12.1 Å². The smallest absolute Gasteiger partial charge is 0.407 e. The number of carbonyl (C=O) groups is 2. The van der Waals surface area contributed by atoms with Crippen molar-refractivity contribution in [3.63, 3.8) is 0 Å². The normalized spacial score (nSPS) is 10.9. The summed E-state index contributed by atoms with van der Waals surface area (Å²) in [6, 6.07) is 5.34. The Hall–Kier alpha value is -2.04. The van der Waals surface area contributed by atoms with Gasteiger partial charge in [0.15, 0.2) is 0 Å². The molecule has 5 heteroatoms. The van der Waals surface area contributed by atoms with Crippen molar-refractivity contribution in [1.82, 2.24) is 5.32 Å². The molecule has 0 fully saturated rings. The number of nitrogens with one attached hydrogen (secondary N) is 1. The van der Waals surface area contributed by atoms with Gasteiger partial charge in [-0.3, -0.25) is 0 Å². The fraction of sp³-hybridized carbons (Fsp3) is 0.500. The van der Waals surface area contributed by atoms with E-state index in [2.05, 4.69) is 5.32 Å². The van der Waals surface area contributed by atoms with Crippen LogP contribution in [0.2, 0.25) is 0 Å². The van der Waals surface area contributed by atoms with Gasteiger partial charge in [-0.05, 0) is 51.8 Å². The average molecular weight is 293 g/mol. The minimum Gasteiger partial charge on any atom is -0.462 e. The first-order valence-corrected chi connectivity index (χ1v) is 6.97. The Bertz CT molecular complexity index is 517. The van der Waals surface area contributed by atoms with E-state index in [-0.39, 0.29) is 5.97 Å². The van der Waals surface area contributed by atoms with Crippen molar-refractivity contribution < 1.29 is 19.1 Å². The molecule has 1 aromatic carbocycles. The van der Waals surface area contributed by atoms with Gasteiger partial charge in [0.2, 0.25) is 0 Å². The summed E-state index contributed by atoms with van der Waals surface area (Å²) in [5.41, 5.74) is 1.63. The molecule has 1 amide bonds. The van der Waals surface area contributed by atoms with Crippen LogP contribution in [0.5, 0.6) is 0 Å². The molecule has 116 valence electrons. The summed E-state index contributed by atoms with van der Waals surface area (Å²) in [5.74, 6) is -0.353. The Morgan fingerprint density at radius 1 is 1.24 bits per heavy atom. The second-order valence-electron chi connectivity index (χ2n) is 5.67. The minimum absolute atomic E-state index is 0.300. The highest BCUT2D eigenvalue weighted by atomic mass is 16.6. The molecule has 0 heterocycles. The van der Waals surface area contributed by atoms with E-state index in [0.29, 0.717) is 18.7 Å². The Kier molecular flexibility index (Phi) is 5.76. The molecule has 0 aliphatic heterocycles. The van der Waals surface area contributed by atoms with E-state index in [0.717, 1.165) is 11.1 Å². The van der Waals surface area contributed by atoms with Crippen molar-refractivity contribution in [2.24, 2.45) is 0 Å². The molecule has 0 saturated carbocycles. The molecule has 0 aromatic heterocycles. The number of rotatable bonds is 4. The summed E-state index contributed by atoms with van der Waals surface area (Å²) < 4.78 is 10.2. The van der Waals surface area contributed by atoms with Crippen molar-refractivity contribution in [3.05, 3.63) is 34.9 Å². The number of hydrogen-bond donors (Lipinski definition) is 1. The maximum absolute atomic E-state index is 11.8. The van der Waals surface area contributed by atoms with Crippen molar-refractivity contribution >= 4 is 12.1 Å². The van der Waals surface area contributed by atoms with Crippen LogP contribution in [0, 0.1) is 6.92 Å². The lowest BCUT2D eigenvalue weighted by Crippen LogP contribution is -2.32. The van der Waals surface area contributed by atoms with Gasteiger partial charge in [-0.15, -0.1) is 0 Å². The lowest BCUT2D eigenvalue weighted by atomic mass is 10.0. The molecule has 0 aliphatic carbocycles. The summed E-state index contributed by atoms with van der Waals surface area (Å²) in [4.78, 5) is 23.4. The molecule has 0 radical (unpaired) electrons. The van der Waals surface area contributed by atoms with Crippen molar-refractivity contribution in [3.8, 4) is 0 Å². The molecule has 0 bridgehead atoms. The van der Waals surface area contributed by atoms with E-state index in [1.165, 1.54) is 0 Å². The van der Waals surface area contributed by atoms with E-state index in [4.69, 9.17) is 9.47 Å². The number of hydrogen-bond acceptors (Lipinski definition) is 4. The molecular weight excluding hydrogens is 270 g/mol. The predicted octanol–water partition coefficient (Wildman–Crippen LogP) is 3.20. The highest BCUT2D eigenvalue weighted by Gasteiger charge is 2.17. The van der Waals surface area contributed by atoms with Crippen LogP contribution in [0.4, 0.5) is 4.79 Å². The fourth-order valence-electron chi connectivity index (χ4n) is 1.79. The SMILES string of the molecule is CCOC(=O)c1cccc(CNC(=O)OC(C)(C)C)c1C. The third-order valence-electron chi connectivity index (χ3n) is 2.76. The molecule has 0 saturated heterocycles. The predicted molar refractivity (Wildman–Crippen MR) is 80.2 cm³/mol. The number of benzene rings is 1. The molecule has 0 atom stereocenters. The standard InChI is InChI=1S/C16H23NO4/c1-6-20-14(18)13-9-7-8-12(11(13)2)10-17-15(19)21-16(3,4)5/h7-9H,6,10H2,1-5H3,(H,17,19). The van der Waals surface area contributed by atoms with Crippen LogP contribution in [0.3, 0.4) is 0 Å². The lowest BCUT2D eigenvalue weighted by molar-refractivity contribution is 0.0517. The zero-order valence-electron chi connectivity index (χ0n) is 13.3. The lowest BCUT2D eigenvalue weighted by Gasteiger charge is -2.20. The maximum atomic E-state index is 11.8. The zero-order valence-corrected chi connectivity index (χ0v) is 13.3. The second-order valence-corrected chi connectivity index (χ2v) is 5.67. The van der Waals surface area contributed by atoms with Crippen molar-refractivity contribution in [1.29, 1.82) is 0 Å². The molecule has 0 aliphatic rings. The highest BCUT2D eigenvalue weighted by Crippen LogP contribution is 2.15. The molecule has 1 N–H and O–H groups in total. The van der Waals surface area contributed by atoms with Crippen LogP contribution in [0.1, 0.15) is 49.2 Å². The van der Waals surface area contributed by atoms with Gasteiger partial charge in [-0.25, -0.2) is 9.59 Å². The number of ether oxygens (including phenoxy) is 2. The van der Waals surface area contributed by atoms with Gasteiger partial charge < -0.3 is 14.8 Å². The van der Waals surface area contributed by atoms with Crippen LogP contribution in [-0.2, 0) is 16.0 Å².